The number of aromatic nitrogens is 2. The van der Waals surface area contributed by atoms with Crippen molar-refractivity contribution in [1.82, 2.24) is 19.4 Å². The van der Waals surface area contributed by atoms with Gasteiger partial charge >= 0.3 is 0 Å². The molecule has 1 atom stereocenters. The average Bonchev–Trinajstić information content (AvgIpc) is 3.12. The summed E-state index contributed by atoms with van der Waals surface area (Å²) in [6, 6.07) is 3.81. The molecule has 2 saturated heterocycles. The Morgan fingerprint density at radius 3 is 2.76 bits per heavy atom. The lowest BCUT2D eigenvalue weighted by molar-refractivity contribution is 0.0664. The van der Waals surface area contributed by atoms with Crippen LogP contribution in [-0.4, -0.2) is 69.0 Å². The van der Waals surface area contributed by atoms with E-state index in [1.54, 1.807) is 6.20 Å². The molecule has 4 rings (SSSR count). The predicted octanol–water partition coefficient (Wildman–Crippen LogP) is 2.77. The van der Waals surface area contributed by atoms with Gasteiger partial charge in [-0.05, 0) is 64.1 Å². The molecule has 1 unspecified atom stereocenters. The first-order chi connectivity index (χ1) is 14.1. The highest BCUT2D eigenvalue weighted by atomic mass is 32.2. The van der Waals surface area contributed by atoms with E-state index in [1.807, 2.05) is 47.2 Å². The van der Waals surface area contributed by atoms with Gasteiger partial charge in [0, 0.05) is 37.3 Å². The molecule has 0 radical (unpaired) electrons. The van der Waals surface area contributed by atoms with Crippen LogP contribution >= 0.6 is 11.8 Å². The van der Waals surface area contributed by atoms with Crippen LogP contribution in [0.15, 0.2) is 23.1 Å². The Labute approximate surface area is 176 Å². The molecule has 29 heavy (non-hydrogen) atoms. The molecule has 0 saturated carbocycles. The summed E-state index contributed by atoms with van der Waals surface area (Å²) in [6.07, 6.45) is 5.19. The predicted molar refractivity (Wildman–Crippen MR) is 119 cm³/mol. The first-order valence-electron chi connectivity index (χ1n) is 10.7. The third kappa shape index (κ3) is 4.21. The Morgan fingerprint density at radius 2 is 2.00 bits per heavy atom. The van der Waals surface area contributed by atoms with Crippen LogP contribution in [-0.2, 0) is 6.54 Å². The summed E-state index contributed by atoms with van der Waals surface area (Å²) >= 11 is 1.93. The Bertz CT molecular complexity index is 952. The van der Waals surface area contributed by atoms with E-state index < -0.39 is 0 Å². The van der Waals surface area contributed by atoms with Crippen molar-refractivity contribution < 1.29 is 4.79 Å². The summed E-state index contributed by atoms with van der Waals surface area (Å²) in [6.45, 7) is 8.47. The van der Waals surface area contributed by atoms with Gasteiger partial charge in [0.15, 0.2) is 0 Å². The van der Waals surface area contributed by atoms with Crippen molar-refractivity contribution in [1.29, 1.82) is 0 Å². The summed E-state index contributed by atoms with van der Waals surface area (Å²) in [5.74, 6) is 1.89. The lowest BCUT2D eigenvalue weighted by Crippen LogP contribution is -2.48. The number of thioether (sulfide) groups is 1. The molecule has 0 aliphatic carbocycles. The molecule has 2 aliphatic rings. The standard InChI is InChI=1S/C22H30N4O2S/c1-3-25-14-19(20(27)18-8-7-16(2)23-21(18)25)22(28)26-11-6-12-29-15-17(26)13-24-9-4-5-10-24/h7-8,14,17H,3-6,9-13,15H2,1-2H3. The molecule has 0 aromatic carbocycles. The molecule has 1 amide bonds. The lowest BCUT2D eigenvalue weighted by atomic mass is 10.1. The van der Waals surface area contributed by atoms with Crippen molar-refractivity contribution in [2.45, 2.75) is 45.7 Å². The molecule has 4 heterocycles. The molecule has 7 heteroatoms. The number of rotatable bonds is 4. The van der Waals surface area contributed by atoms with Gasteiger partial charge in [-0.15, -0.1) is 0 Å². The van der Waals surface area contributed by atoms with E-state index in [9.17, 15) is 9.59 Å². The Kier molecular flexibility index (Phi) is 6.25. The highest BCUT2D eigenvalue weighted by molar-refractivity contribution is 7.99. The number of pyridine rings is 2. The summed E-state index contributed by atoms with van der Waals surface area (Å²) in [7, 11) is 0. The average molecular weight is 415 g/mol. The van der Waals surface area contributed by atoms with E-state index in [0.717, 1.165) is 49.8 Å². The van der Waals surface area contributed by atoms with E-state index >= 15 is 0 Å². The first kappa shape index (κ1) is 20.4. The fourth-order valence-electron chi connectivity index (χ4n) is 4.42. The molecule has 2 fully saturated rings. The monoisotopic (exact) mass is 414 g/mol. The Hall–Kier alpha value is -1.86. The summed E-state index contributed by atoms with van der Waals surface area (Å²) in [5, 5.41) is 0.531. The number of hydrogen-bond donors (Lipinski definition) is 0. The van der Waals surface area contributed by atoms with Gasteiger partial charge in [-0.2, -0.15) is 11.8 Å². The maximum absolute atomic E-state index is 13.6. The van der Waals surface area contributed by atoms with Crippen molar-refractivity contribution >= 4 is 28.7 Å². The minimum Gasteiger partial charge on any atom is -0.333 e. The van der Waals surface area contributed by atoms with Gasteiger partial charge in [0.1, 0.15) is 11.2 Å². The number of likely N-dealkylation sites (tertiary alicyclic amines) is 1. The van der Waals surface area contributed by atoms with Crippen LogP contribution in [0.3, 0.4) is 0 Å². The zero-order chi connectivity index (χ0) is 20.4. The van der Waals surface area contributed by atoms with Crippen molar-refractivity contribution in [3.05, 3.63) is 39.8 Å². The van der Waals surface area contributed by atoms with Gasteiger partial charge in [-0.25, -0.2) is 4.98 Å². The number of hydrogen-bond acceptors (Lipinski definition) is 5. The third-order valence-corrected chi connectivity index (χ3v) is 7.20. The SMILES string of the molecule is CCn1cc(C(=O)N2CCCSCC2CN2CCCC2)c(=O)c2ccc(C)nc21. The van der Waals surface area contributed by atoms with Gasteiger partial charge in [0.2, 0.25) is 5.43 Å². The number of fused-ring (bicyclic) bond motifs is 1. The molecule has 2 aliphatic heterocycles. The minimum absolute atomic E-state index is 0.119. The third-order valence-electron chi connectivity index (χ3n) is 6.00. The van der Waals surface area contributed by atoms with Crippen molar-refractivity contribution in [3.8, 4) is 0 Å². The first-order valence-corrected chi connectivity index (χ1v) is 11.9. The number of carbonyl (C=O) groups excluding carboxylic acids is 1. The quantitative estimate of drug-likeness (QED) is 0.770. The molecule has 0 bridgehead atoms. The molecular formula is C22H30N4O2S. The largest absolute Gasteiger partial charge is 0.333 e. The van der Waals surface area contributed by atoms with Gasteiger partial charge in [0.25, 0.3) is 5.91 Å². The number of nitrogens with zero attached hydrogens (tertiary/aromatic N) is 4. The molecule has 6 nitrogen and oxygen atoms in total. The van der Waals surface area contributed by atoms with Gasteiger partial charge in [-0.1, -0.05) is 0 Å². The maximum Gasteiger partial charge on any atom is 0.259 e. The van der Waals surface area contributed by atoms with E-state index in [1.165, 1.54) is 12.8 Å². The fourth-order valence-corrected chi connectivity index (χ4v) is 5.48. The number of aryl methyl sites for hydroxylation is 2. The smallest absolute Gasteiger partial charge is 0.259 e. The Morgan fingerprint density at radius 1 is 1.21 bits per heavy atom. The van der Waals surface area contributed by atoms with E-state index in [-0.39, 0.29) is 22.9 Å². The summed E-state index contributed by atoms with van der Waals surface area (Å²) < 4.78 is 1.93. The van der Waals surface area contributed by atoms with Crippen LogP contribution in [0.5, 0.6) is 0 Å². The molecule has 2 aromatic heterocycles. The molecular weight excluding hydrogens is 384 g/mol. The second-order valence-corrected chi connectivity index (χ2v) is 9.22. The normalized spacial score (nSPS) is 20.9. The minimum atomic E-state index is -0.195. The van der Waals surface area contributed by atoms with Crippen LogP contribution in [0.2, 0.25) is 0 Å². The number of carbonyl (C=O) groups is 1. The van der Waals surface area contributed by atoms with Crippen LogP contribution in [0, 0.1) is 6.92 Å². The molecule has 2 aromatic rings. The zero-order valence-electron chi connectivity index (χ0n) is 17.4. The second kappa shape index (κ2) is 8.88. The van der Waals surface area contributed by atoms with E-state index in [4.69, 9.17) is 0 Å². The topological polar surface area (TPSA) is 58.4 Å². The molecule has 0 N–H and O–H groups in total. The lowest BCUT2D eigenvalue weighted by Gasteiger charge is -2.32. The zero-order valence-corrected chi connectivity index (χ0v) is 18.2. The number of amides is 1. The van der Waals surface area contributed by atoms with Gasteiger partial charge < -0.3 is 14.4 Å². The van der Waals surface area contributed by atoms with Crippen LogP contribution < -0.4 is 5.43 Å². The van der Waals surface area contributed by atoms with Crippen molar-refractivity contribution in [2.24, 2.45) is 0 Å². The fraction of sp³-hybridized carbons (Fsp3) is 0.591. The Balaban J connectivity index is 1.71. The summed E-state index contributed by atoms with van der Waals surface area (Å²) in [4.78, 5) is 35.8. The van der Waals surface area contributed by atoms with Crippen LogP contribution in [0.25, 0.3) is 11.0 Å². The van der Waals surface area contributed by atoms with E-state index in [2.05, 4.69) is 9.88 Å². The highest BCUT2D eigenvalue weighted by Gasteiger charge is 2.30. The van der Waals surface area contributed by atoms with Gasteiger partial charge in [0.05, 0.1) is 11.4 Å². The van der Waals surface area contributed by atoms with Crippen LogP contribution in [0.1, 0.15) is 42.2 Å². The van der Waals surface area contributed by atoms with Gasteiger partial charge in [-0.3, -0.25) is 9.59 Å². The molecule has 0 spiro atoms. The van der Waals surface area contributed by atoms with Crippen molar-refractivity contribution in [2.75, 3.05) is 37.7 Å². The molecule has 156 valence electrons. The highest BCUT2D eigenvalue weighted by Crippen LogP contribution is 2.21. The summed E-state index contributed by atoms with van der Waals surface area (Å²) in [5.41, 5.74) is 1.62. The van der Waals surface area contributed by atoms with Crippen LogP contribution in [0.4, 0.5) is 0 Å². The van der Waals surface area contributed by atoms with Crippen molar-refractivity contribution in [3.63, 3.8) is 0 Å². The second-order valence-electron chi connectivity index (χ2n) is 8.07. The van der Waals surface area contributed by atoms with E-state index in [0.29, 0.717) is 17.6 Å². The maximum atomic E-state index is 13.6.